The first-order valence-electron chi connectivity index (χ1n) is 4.67. The van der Waals surface area contributed by atoms with Gasteiger partial charge in [-0.2, -0.15) is 13.2 Å². The average molecular weight is 297 g/mol. The second kappa shape index (κ2) is 4.78. The van der Waals surface area contributed by atoms with Crippen molar-refractivity contribution in [2.24, 2.45) is 0 Å². The van der Waals surface area contributed by atoms with E-state index < -0.39 is 11.7 Å². The second-order valence-corrected chi connectivity index (χ2v) is 4.00. The van der Waals surface area contributed by atoms with Crippen LogP contribution in [0.1, 0.15) is 11.5 Å². The third-order valence-electron chi connectivity index (χ3n) is 2.10. The highest BCUT2D eigenvalue weighted by Crippen LogP contribution is 2.36. The van der Waals surface area contributed by atoms with Crippen molar-refractivity contribution in [1.29, 1.82) is 0 Å². The van der Waals surface area contributed by atoms with Crippen LogP contribution in [0, 0.1) is 0 Å². The molecule has 0 radical (unpaired) electrons. The molecule has 0 saturated heterocycles. The van der Waals surface area contributed by atoms with Gasteiger partial charge < -0.3 is 4.42 Å². The molecule has 1 aromatic heterocycles. The normalized spacial score (nSPS) is 11.8. The SMILES string of the molecule is FC(F)(F)c1cc(-c2nnc(CCl)o2)ccc1Cl. The van der Waals surface area contributed by atoms with E-state index in [1.165, 1.54) is 6.07 Å². The van der Waals surface area contributed by atoms with Crippen LogP contribution in [0.3, 0.4) is 0 Å². The van der Waals surface area contributed by atoms with Crippen molar-refractivity contribution >= 4 is 23.2 Å². The van der Waals surface area contributed by atoms with Crippen molar-refractivity contribution < 1.29 is 17.6 Å². The molecule has 0 saturated carbocycles. The molecular weight excluding hydrogens is 292 g/mol. The molecule has 0 aliphatic heterocycles. The predicted molar refractivity (Wildman–Crippen MR) is 59.3 cm³/mol. The first-order chi connectivity index (χ1) is 8.41. The van der Waals surface area contributed by atoms with Crippen LogP contribution < -0.4 is 0 Å². The molecule has 3 nitrogen and oxygen atoms in total. The number of nitrogens with zero attached hydrogens (tertiary/aromatic N) is 2. The number of halogens is 5. The molecule has 0 spiro atoms. The zero-order valence-electron chi connectivity index (χ0n) is 8.63. The first kappa shape index (κ1) is 13.2. The lowest BCUT2D eigenvalue weighted by Gasteiger charge is -2.09. The molecule has 0 unspecified atom stereocenters. The van der Waals surface area contributed by atoms with Gasteiger partial charge in [-0.1, -0.05) is 11.6 Å². The summed E-state index contributed by atoms with van der Waals surface area (Å²) in [5.41, 5.74) is -0.817. The van der Waals surface area contributed by atoms with Gasteiger partial charge >= 0.3 is 6.18 Å². The molecule has 18 heavy (non-hydrogen) atoms. The third kappa shape index (κ3) is 2.59. The van der Waals surface area contributed by atoms with E-state index in [0.717, 1.165) is 12.1 Å². The molecular formula is C10H5Cl2F3N2O. The largest absolute Gasteiger partial charge is 0.419 e. The third-order valence-corrected chi connectivity index (χ3v) is 2.66. The monoisotopic (exact) mass is 296 g/mol. The summed E-state index contributed by atoms with van der Waals surface area (Å²) in [5.74, 6) is 0.0928. The van der Waals surface area contributed by atoms with Gasteiger partial charge in [-0.05, 0) is 18.2 Å². The molecule has 0 N–H and O–H groups in total. The van der Waals surface area contributed by atoms with Crippen LogP contribution in [0.5, 0.6) is 0 Å². The zero-order valence-corrected chi connectivity index (χ0v) is 10.1. The predicted octanol–water partition coefficient (Wildman–Crippen LogP) is 4.15. The maximum absolute atomic E-state index is 12.6. The Morgan fingerprint density at radius 3 is 2.50 bits per heavy atom. The lowest BCUT2D eigenvalue weighted by atomic mass is 10.1. The van der Waals surface area contributed by atoms with Gasteiger partial charge in [-0.15, -0.1) is 21.8 Å². The van der Waals surface area contributed by atoms with Gasteiger partial charge in [0.1, 0.15) is 5.88 Å². The van der Waals surface area contributed by atoms with Crippen LogP contribution in [-0.4, -0.2) is 10.2 Å². The molecule has 8 heteroatoms. The minimum absolute atomic E-state index is 0.00722. The summed E-state index contributed by atoms with van der Waals surface area (Å²) in [6, 6.07) is 3.35. The van der Waals surface area contributed by atoms with E-state index in [9.17, 15) is 13.2 Å². The molecule has 0 aliphatic rings. The van der Waals surface area contributed by atoms with Crippen molar-refractivity contribution in [2.75, 3.05) is 0 Å². The maximum atomic E-state index is 12.6. The topological polar surface area (TPSA) is 38.9 Å². The number of hydrogen-bond acceptors (Lipinski definition) is 3. The van der Waals surface area contributed by atoms with E-state index in [1.54, 1.807) is 0 Å². The van der Waals surface area contributed by atoms with Crippen LogP contribution >= 0.6 is 23.2 Å². The Bertz CT molecular complexity index is 568. The smallest absolute Gasteiger partial charge is 0.417 e. The fourth-order valence-electron chi connectivity index (χ4n) is 1.30. The zero-order chi connectivity index (χ0) is 13.3. The van der Waals surface area contributed by atoms with E-state index >= 15 is 0 Å². The molecule has 2 aromatic rings. The van der Waals surface area contributed by atoms with Crippen LogP contribution in [0.25, 0.3) is 11.5 Å². The van der Waals surface area contributed by atoms with Gasteiger partial charge in [-0.25, -0.2) is 0 Å². The van der Waals surface area contributed by atoms with E-state index in [0.29, 0.717) is 0 Å². The summed E-state index contributed by atoms with van der Waals surface area (Å²) in [5, 5.41) is 6.78. The number of hydrogen-bond donors (Lipinski definition) is 0. The van der Waals surface area contributed by atoms with Crippen molar-refractivity contribution in [3.8, 4) is 11.5 Å². The molecule has 0 fully saturated rings. The first-order valence-corrected chi connectivity index (χ1v) is 5.58. The quantitative estimate of drug-likeness (QED) is 0.782. The van der Waals surface area contributed by atoms with E-state index in [1.807, 2.05) is 0 Å². The van der Waals surface area contributed by atoms with Crippen LogP contribution in [-0.2, 0) is 12.1 Å². The molecule has 96 valence electrons. The summed E-state index contributed by atoms with van der Waals surface area (Å²) < 4.78 is 43.0. The van der Waals surface area contributed by atoms with Gasteiger partial charge in [0.05, 0.1) is 10.6 Å². The molecule has 0 atom stereocenters. The molecule has 1 heterocycles. The fourth-order valence-corrected chi connectivity index (χ4v) is 1.63. The van der Waals surface area contributed by atoms with Gasteiger partial charge in [-0.3, -0.25) is 0 Å². The lowest BCUT2D eigenvalue weighted by Crippen LogP contribution is -2.05. The van der Waals surface area contributed by atoms with Crippen molar-refractivity contribution in [2.45, 2.75) is 12.1 Å². The Balaban J connectivity index is 2.47. The van der Waals surface area contributed by atoms with Gasteiger partial charge in [0.25, 0.3) is 0 Å². The highest BCUT2D eigenvalue weighted by Gasteiger charge is 2.33. The minimum atomic E-state index is -4.54. The standard InChI is InChI=1S/C10H5Cl2F3N2O/c11-4-8-16-17-9(18-8)5-1-2-7(12)6(3-5)10(13,14)15/h1-3H,4H2. The van der Waals surface area contributed by atoms with E-state index in [2.05, 4.69) is 10.2 Å². The Morgan fingerprint density at radius 1 is 1.22 bits per heavy atom. The summed E-state index contributed by atoms with van der Waals surface area (Å²) >= 11 is 11.0. The summed E-state index contributed by atoms with van der Waals surface area (Å²) in [6.07, 6.45) is -4.54. The van der Waals surface area contributed by atoms with Crippen LogP contribution in [0.15, 0.2) is 22.6 Å². The summed E-state index contributed by atoms with van der Waals surface area (Å²) in [7, 11) is 0. The minimum Gasteiger partial charge on any atom is -0.419 e. The highest BCUT2D eigenvalue weighted by molar-refractivity contribution is 6.31. The van der Waals surface area contributed by atoms with Gasteiger partial charge in [0.2, 0.25) is 11.8 Å². The maximum Gasteiger partial charge on any atom is 0.417 e. The highest BCUT2D eigenvalue weighted by atomic mass is 35.5. The van der Waals surface area contributed by atoms with E-state index in [4.69, 9.17) is 27.6 Å². The van der Waals surface area contributed by atoms with Crippen molar-refractivity contribution in [3.63, 3.8) is 0 Å². The summed E-state index contributed by atoms with van der Waals surface area (Å²) in [6.45, 7) is 0. The van der Waals surface area contributed by atoms with Gasteiger partial charge in [0.15, 0.2) is 0 Å². The molecule has 0 bridgehead atoms. The van der Waals surface area contributed by atoms with E-state index in [-0.39, 0.29) is 28.2 Å². The molecule has 1 aromatic carbocycles. The summed E-state index contributed by atoms with van der Waals surface area (Å²) in [4.78, 5) is 0. The number of rotatable bonds is 2. The Kier molecular flexibility index (Phi) is 3.49. The number of benzene rings is 1. The number of aromatic nitrogens is 2. The van der Waals surface area contributed by atoms with Crippen LogP contribution in [0.2, 0.25) is 5.02 Å². The molecule has 0 aliphatic carbocycles. The number of alkyl halides is 4. The lowest BCUT2D eigenvalue weighted by molar-refractivity contribution is -0.137. The average Bonchev–Trinajstić information content (AvgIpc) is 2.76. The molecule has 0 amide bonds. The Hall–Kier alpha value is -1.27. The second-order valence-electron chi connectivity index (χ2n) is 3.33. The van der Waals surface area contributed by atoms with Crippen molar-refractivity contribution in [3.05, 3.63) is 34.7 Å². The van der Waals surface area contributed by atoms with Crippen LogP contribution in [0.4, 0.5) is 13.2 Å². The Labute approximate surface area is 110 Å². The molecule has 2 rings (SSSR count). The Morgan fingerprint density at radius 2 is 1.94 bits per heavy atom. The van der Waals surface area contributed by atoms with Crippen molar-refractivity contribution in [1.82, 2.24) is 10.2 Å². The fraction of sp³-hybridized carbons (Fsp3) is 0.200. The van der Waals surface area contributed by atoms with Gasteiger partial charge in [0, 0.05) is 5.56 Å².